The van der Waals surface area contributed by atoms with Gasteiger partial charge in [0.25, 0.3) is 0 Å². The highest BCUT2D eigenvalue weighted by molar-refractivity contribution is 4.60. The van der Waals surface area contributed by atoms with Crippen molar-refractivity contribution in [2.24, 2.45) is 0 Å². The Balaban J connectivity index is 3.36. The molecule has 0 aromatic heterocycles. The van der Waals surface area contributed by atoms with E-state index in [4.69, 9.17) is 4.74 Å². The van der Waals surface area contributed by atoms with E-state index in [1.165, 1.54) is 0 Å². The fourth-order valence-corrected chi connectivity index (χ4v) is 1.08. The van der Waals surface area contributed by atoms with Gasteiger partial charge < -0.3 is 15.2 Å². The Morgan fingerprint density at radius 1 is 1.13 bits per heavy atom. The highest BCUT2D eigenvalue weighted by Gasteiger charge is 2.15. The number of aliphatic hydroxyl groups is 1. The molecule has 3 N–H and O–H groups in total. The molecule has 0 saturated heterocycles. The third kappa shape index (κ3) is 11.8. The molecule has 92 valence electrons. The van der Waals surface area contributed by atoms with E-state index in [1.54, 1.807) is 0 Å². The molecule has 0 aliphatic heterocycles. The third-order valence-electron chi connectivity index (χ3n) is 1.69. The summed E-state index contributed by atoms with van der Waals surface area (Å²) < 4.78 is 5.29. The first-order chi connectivity index (χ1) is 6.81. The van der Waals surface area contributed by atoms with E-state index < -0.39 is 6.41 Å². The Hall–Kier alpha value is -0.160. The molecule has 1 atom stereocenters. The quantitative estimate of drug-likeness (QED) is 0.442. The second-order valence-corrected chi connectivity index (χ2v) is 5.00. The van der Waals surface area contributed by atoms with Gasteiger partial charge in [0.05, 0.1) is 5.60 Å². The molecule has 0 amide bonds. The summed E-state index contributed by atoms with van der Waals surface area (Å²) in [7, 11) is 0. The van der Waals surface area contributed by atoms with Crippen LogP contribution in [0.3, 0.4) is 0 Å². The number of hydrogen-bond acceptors (Lipinski definition) is 4. The van der Waals surface area contributed by atoms with Crippen molar-refractivity contribution in [1.29, 1.82) is 0 Å². The van der Waals surface area contributed by atoms with Crippen LogP contribution in [-0.2, 0) is 4.74 Å². The van der Waals surface area contributed by atoms with Crippen molar-refractivity contribution in [3.8, 4) is 0 Å². The first-order valence-corrected chi connectivity index (χ1v) is 5.64. The summed E-state index contributed by atoms with van der Waals surface area (Å²) in [5.74, 6) is 0. The van der Waals surface area contributed by atoms with E-state index in [9.17, 15) is 5.11 Å². The molecule has 0 bridgehead atoms. The fraction of sp³-hybridized carbons (Fsp3) is 1.00. The molecule has 15 heavy (non-hydrogen) atoms. The second-order valence-electron chi connectivity index (χ2n) is 5.00. The topological polar surface area (TPSA) is 53.5 Å². The van der Waals surface area contributed by atoms with Gasteiger partial charge in [0.2, 0.25) is 6.41 Å². The molecule has 0 saturated carbocycles. The summed E-state index contributed by atoms with van der Waals surface area (Å²) in [5.41, 5.74) is -0.317. The SMILES string of the molecule is CC(C)NCCCNC(O)OC(C)(C)C. The average molecular weight is 218 g/mol. The molecule has 1 unspecified atom stereocenters. The van der Waals surface area contributed by atoms with Gasteiger partial charge in [0.1, 0.15) is 0 Å². The van der Waals surface area contributed by atoms with Crippen molar-refractivity contribution in [1.82, 2.24) is 10.6 Å². The van der Waals surface area contributed by atoms with Crippen molar-refractivity contribution in [3.63, 3.8) is 0 Å². The standard InChI is InChI=1S/C11H26N2O2/c1-9(2)12-7-6-8-13-10(14)15-11(3,4)5/h9-10,12-14H,6-8H2,1-5H3. The van der Waals surface area contributed by atoms with E-state index in [0.29, 0.717) is 6.04 Å². The van der Waals surface area contributed by atoms with Gasteiger partial charge in [-0.2, -0.15) is 0 Å². The molecule has 0 aliphatic rings. The van der Waals surface area contributed by atoms with Gasteiger partial charge in [-0.25, -0.2) is 0 Å². The number of rotatable bonds is 7. The summed E-state index contributed by atoms with van der Waals surface area (Å²) >= 11 is 0. The lowest BCUT2D eigenvalue weighted by atomic mass is 10.2. The minimum Gasteiger partial charge on any atom is -0.356 e. The van der Waals surface area contributed by atoms with E-state index in [2.05, 4.69) is 24.5 Å². The minimum atomic E-state index is -0.871. The van der Waals surface area contributed by atoms with E-state index in [0.717, 1.165) is 19.5 Å². The summed E-state index contributed by atoms with van der Waals surface area (Å²) in [5, 5.41) is 15.7. The van der Waals surface area contributed by atoms with Gasteiger partial charge in [-0.3, -0.25) is 5.32 Å². The smallest absolute Gasteiger partial charge is 0.214 e. The maximum absolute atomic E-state index is 9.44. The monoisotopic (exact) mass is 218 g/mol. The molecule has 0 rings (SSSR count). The molecule has 0 fully saturated rings. The highest BCUT2D eigenvalue weighted by Crippen LogP contribution is 2.07. The van der Waals surface area contributed by atoms with Crippen LogP contribution in [0, 0.1) is 0 Å². The molecule has 0 aromatic carbocycles. The predicted octanol–water partition coefficient (Wildman–Crippen LogP) is 1.06. The molecule has 0 aromatic rings. The molecule has 4 nitrogen and oxygen atoms in total. The van der Waals surface area contributed by atoms with Crippen LogP contribution in [0.15, 0.2) is 0 Å². The van der Waals surface area contributed by atoms with Crippen LogP contribution in [0.5, 0.6) is 0 Å². The Morgan fingerprint density at radius 3 is 2.13 bits per heavy atom. The number of hydrogen-bond donors (Lipinski definition) is 3. The summed E-state index contributed by atoms with van der Waals surface area (Å²) in [4.78, 5) is 0. The van der Waals surface area contributed by atoms with E-state index >= 15 is 0 Å². The van der Waals surface area contributed by atoms with Gasteiger partial charge >= 0.3 is 0 Å². The van der Waals surface area contributed by atoms with Crippen LogP contribution in [0.4, 0.5) is 0 Å². The van der Waals surface area contributed by atoms with Crippen molar-refractivity contribution in [2.45, 2.75) is 59.1 Å². The molecular formula is C11H26N2O2. The first-order valence-electron chi connectivity index (χ1n) is 5.64. The van der Waals surface area contributed by atoms with E-state index in [-0.39, 0.29) is 5.60 Å². The molecule has 4 heteroatoms. The molecule has 0 heterocycles. The average Bonchev–Trinajstić information content (AvgIpc) is 1.99. The highest BCUT2D eigenvalue weighted by atomic mass is 16.6. The number of ether oxygens (including phenoxy) is 1. The lowest BCUT2D eigenvalue weighted by Gasteiger charge is -2.24. The van der Waals surface area contributed by atoms with Gasteiger partial charge in [-0.15, -0.1) is 0 Å². The maximum atomic E-state index is 9.44. The lowest BCUT2D eigenvalue weighted by Crippen LogP contribution is -2.39. The van der Waals surface area contributed by atoms with Gasteiger partial charge in [0, 0.05) is 12.6 Å². The Morgan fingerprint density at radius 2 is 1.67 bits per heavy atom. The maximum Gasteiger partial charge on any atom is 0.214 e. The van der Waals surface area contributed by atoms with Gasteiger partial charge in [-0.1, -0.05) is 13.8 Å². The van der Waals surface area contributed by atoms with Crippen LogP contribution >= 0.6 is 0 Å². The number of nitrogens with one attached hydrogen (secondary N) is 2. The molecule has 0 radical (unpaired) electrons. The molecular weight excluding hydrogens is 192 g/mol. The van der Waals surface area contributed by atoms with Crippen molar-refractivity contribution in [3.05, 3.63) is 0 Å². The van der Waals surface area contributed by atoms with Crippen LogP contribution < -0.4 is 10.6 Å². The molecule has 0 spiro atoms. The predicted molar refractivity (Wildman–Crippen MR) is 62.6 cm³/mol. The second kappa shape index (κ2) is 7.17. The zero-order chi connectivity index (χ0) is 11.9. The van der Waals surface area contributed by atoms with Crippen molar-refractivity contribution >= 4 is 0 Å². The first kappa shape index (κ1) is 14.8. The Kier molecular flexibility index (Phi) is 7.09. The van der Waals surface area contributed by atoms with Crippen molar-refractivity contribution in [2.75, 3.05) is 13.1 Å². The Bertz CT molecular complexity index is 155. The fourth-order valence-electron chi connectivity index (χ4n) is 1.08. The number of aliphatic hydroxyl groups excluding tert-OH is 1. The normalized spacial score (nSPS) is 14.6. The largest absolute Gasteiger partial charge is 0.356 e. The third-order valence-corrected chi connectivity index (χ3v) is 1.69. The summed E-state index contributed by atoms with van der Waals surface area (Å²) in [6.45, 7) is 11.7. The minimum absolute atomic E-state index is 0.317. The van der Waals surface area contributed by atoms with Gasteiger partial charge in [-0.05, 0) is 33.7 Å². The lowest BCUT2D eigenvalue weighted by molar-refractivity contribution is -0.181. The van der Waals surface area contributed by atoms with Crippen molar-refractivity contribution < 1.29 is 9.84 Å². The summed E-state index contributed by atoms with van der Waals surface area (Å²) in [6, 6.07) is 0.515. The zero-order valence-electron chi connectivity index (χ0n) is 10.6. The van der Waals surface area contributed by atoms with Crippen LogP contribution in [0.1, 0.15) is 41.0 Å². The van der Waals surface area contributed by atoms with Gasteiger partial charge in [0.15, 0.2) is 0 Å². The summed E-state index contributed by atoms with van der Waals surface area (Å²) in [6.07, 6.45) is 0.104. The van der Waals surface area contributed by atoms with Crippen LogP contribution in [0.2, 0.25) is 0 Å². The zero-order valence-corrected chi connectivity index (χ0v) is 10.6. The van der Waals surface area contributed by atoms with Crippen LogP contribution in [0.25, 0.3) is 0 Å². The van der Waals surface area contributed by atoms with Crippen LogP contribution in [-0.4, -0.2) is 36.3 Å². The Labute approximate surface area is 93.4 Å². The molecule has 0 aliphatic carbocycles. The van der Waals surface area contributed by atoms with E-state index in [1.807, 2.05) is 20.8 Å².